The molecule has 1 aliphatic rings. The summed E-state index contributed by atoms with van der Waals surface area (Å²) < 4.78 is 0.911. The first-order valence-electron chi connectivity index (χ1n) is 6.05. The van der Waals surface area contributed by atoms with E-state index in [2.05, 4.69) is 41.1 Å². The number of nitrogens with zero attached hydrogens (tertiary/aromatic N) is 1. The number of hydrogen-bond donors (Lipinski definition) is 0. The Morgan fingerprint density at radius 2 is 2.24 bits per heavy atom. The molecule has 1 aromatic carbocycles. The first-order valence-corrected chi connectivity index (χ1v) is 7.72. The largest absolute Gasteiger partial charge is 0.192 e. The summed E-state index contributed by atoms with van der Waals surface area (Å²) in [5, 5.41) is 9.63. The van der Waals surface area contributed by atoms with Crippen molar-refractivity contribution in [2.24, 2.45) is 5.92 Å². The molecule has 0 amide bonds. The van der Waals surface area contributed by atoms with Gasteiger partial charge in [-0.1, -0.05) is 19.8 Å². The number of benzene rings is 1. The molecule has 17 heavy (non-hydrogen) atoms. The van der Waals surface area contributed by atoms with Crippen molar-refractivity contribution in [1.82, 2.24) is 0 Å². The average molecular weight is 310 g/mol. The smallest absolute Gasteiger partial charge is 0.100 e. The Balaban J connectivity index is 2.04. The molecule has 0 bridgehead atoms. The molecular weight excluding hydrogens is 294 g/mol. The normalized spacial score (nSPS) is 24.3. The predicted octanol–water partition coefficient (Wildman–Crippen LogP) is 4.99. The summed E-state index contributed by atoms with van der Waals surface area (Å²) in [5.41, 5.74) is 0.714. The lowest BCUT2D eigenvalue weighted by Gasteiger charge is -2.26. The first kappa shape index (κ1) is 13.0. The highest BCUT2D eigenvalue weighted by molar-refractivity contribution is 9.10. The number of rotatable bonds is 2. The van der Waals surface area contributed by atoms with Crippen LogP contribution in [-0.4, -0.2) is 5.25 Å². The molecule has 0 N–H and O–H groups in total. The van der Waals surface area contributed by atoms with Crippen molar-refractivity contribution in [1.29, 1.82) is 5.26 Å². The van der Waals surface area contributed by atoms with E-state index in [4.69, 9.17) is 5.26 Å². The maximum absolute atomic E-state index is 8.88. The van der Waals surface area contributed by atoms with Gasteiger partial charge < -0.3 is 0 Å². The fourth-order valence-corrected chi connectivity index (χ4v) is 4.38. The maximum Gasteiger partial charge on any atom is 0.100 e. The molecule has 1 saturated carbocycles. The summed E-state index contributed by atoms with van der Waals surface area (Å²) in [5.74, 6) is 0.864. The molecule has 0 radical (unpaired) electrons. The van der Waals surface area contributed by atoms with Gasteiger partial charge in [0.2, 0.25) is 0 Å². The van der Waals surface area contributed by atoms with E-state index in [1.807, 2.05) is 17.8 Å². The van der Waals surface area contributed by atoms with Crippen molar-refractivity contribution in [2.45, 2.75) is 42.8 Å². The second-order valence-electron chi connectivity index (χ2n) is 4.77. The van der Waals surface area contributed by atoms with E-state index in [-0.39, 0.29) is 0 Å². The summed E-state index contributed by atoms with van der Waals surface area (Å²) in [7, 11) is 0. The van der Waals surface area contributed by atoms with Gasteiger partial charge in [-0.05, 0) is 52.9 Å². The van der Waals surface area contributed by atoms with Crippen LogP contribution in [0.5, 0.6) is 0 Å². The highest BCUT2D eigenvalue weighted by atomic mass is 79.9. The van der Waals surface area contributed by atoms with E-state index in [1.165, 1.54) is 30.6 Å². The summed E-state index contributed by atoms with van der Waals surface area (Å²) in [6.45, 7) is 2.35. The Morgan fingerprint density at radius 1 is 1.41 bits per heavy atom. The van der Waals surface area contributed by atoms with Crippen molar-refractivity contribution in [2.75, 3.05) is 0 Å². The van der Waals surface area contributed by atoms with Crippen LogP contribution in [0.3, 0.4) is 0 Å². The molecule has 0 saturated heterocycles. The van der Waals surface area contributed by atoms with Gasteiger partial charge in [0.1, 0.15) is 6.07 Å². The van der Waals surface area contributed by atoms with Crippen molar-refractivity contribution in [3.05, 3.63) is 28.2 Å². The monoisotopic (exact) mass is 309 g/mol. The lowest BCUT2D eigenvalue weighted by molar-refractivity contribution is 0.394. The van der Waals surface area contributed by atoms with Crippen LogP contribution in [0.2, 0.25) is 0 Å². The van der Waals surface area contributed by atoms with E-state index in [1.54, 1.807) is 0 Å². The second kappa shape index (κ2) is 5.93. The molecule has 2 atom stereocenters. The van der Waals surface area contributed by atoms with Gasteiger partial charge in [-0.15, -0.1) is 11.8 Å². The molecule has 90 valence electrons. The molecule has 2 unspecified atom stereocenters. The molecule has 0 spiro atoms. The van der Waals surface area contributed by atoms with Crippen LogP contribution in [0.25, 0.3) is 0 Å². The highest BCUT2D eigenvalue weighted by Gasteiger charge is 2.19. The Hall–Kier alpha value is -0.460. The third-order valence-corrected chi connectivity index (χ3v) is 5.20. The van der Waals surface area contributed by atoms with Gasteiger partial charge >= 0.3 is 0 Å². The van der Waals surface area contributed by atoms with E-state index >= 15 is 0 Å². The van der Waals surface area contributed by atoms with Gasteiger partial charge in [-0.25, -0.2) is 0 Å². The standard InChI is InChI=1S/C14H16BrNS/c1-10-3-2-4-12(7-10)17-13-6-5-11(9-16)14(15)8-13/h5-6,8,10,12H,2-4,7H2,1H3. The number of hydrogen-bond acceptors (Lipinski definition) is 2. The Labute approximate surface area is 116 Å². The molecule has 1 aromatic rings. The fourth-order valence-electron chi connectivity index (χ4n) is 2.34. The van der Waals surface area contributed by atoms with Crippen molar-refractivity contribution >= 4 is 27.7 Å². The van der Waals surface area contributed by atoms with Crippen LogP contribution in [0.4, 0.5) is 0 Å². The van der Waals surface area contributed by atoms with Crippen LogP contribution >= 0.6 is 27.7 Å². The molecule has 1 nitrogen and oxygen atoms in total. The molecule has 2 rings (SSSR count). The number of thioether (sulfide) groups is 1. The minimum atomic E-state index is 0.714. The molecular formula is C14H16BrNS. The van der Waals surface area contributed by atoms with Gasteiger partial charge in [0.05, 0.1) is 5.56 Å². The Kier molecular flexibility index (Phi) is 4.53. The van der Waals surface area contributed by atoms with Crippen LogP contribution in [0.15, 0.2) is 27.6 Å². The van der Waals surface area contributed by atoms with E-state index in [0.29, 0.717) is 5.56 Å². The van der Waals surface area contributed by atoms with Crippen molar-refractivity contribution in [3.63, 3.8) is 0 Å². The zero-order valence-corrected chi connectivity index (χ0v) is 12.4. The second-order valence-corrected chi connectivity index (χ2v) is 6.99. The summed E-state index contributed by atoms with van der Waals surface area (Å²) in [4.78, 5) is 1.27. The summed E-state index contributed by atoms with van der Waals surface area (Å²) >= 11 is 5.41. The quantitative estimate of drug-likeness (QED) is 0.768. The van der Waals surface area contributed by atoms with Gasteiger partial charge in [-0.3, -0.25) is 0 Å². The van der Waals surface area contributed by atoms with Crippen LogP contribution in [0, 0.1) is 17.2 Å². The van der Waals surface area contributed by atoms with E-state index < -0.39 is 0 Å². The van der Waals surface area contributed by atoms with Crippen LogP contribution < -0.4 is 0 Å². The lowest BCUT2D eigenvalue weighted by Crippen LogP contribution is -2.14. The summed E-state index contributed by atoms with van der Waals surface area (Å²) in [6, 6.07) is 8.21. The van der Waals surface area contributed by atoms with Crippen LogP contribution in [0.1, 0.15) is 38.2 Å². The predicted molar refractivity (Wildman–Crippen MR) is 76.1 cm³/mol. The van der Waals surface area contributed by atoms with Gasteiger partial charge in [-0.2, -0.15) is 5.26 Å². The zero-order valence-electron chi connectivity index (χ0n) is 9.95. The minimum Gasteiger partial charge on any atom is -0.192 e. The average Bonchev–Trinajstić information content (AvgIpc) is 2.29. The number of halogens is 1. The van der Waals surface area contributed by atoms with Gasteiger partial charge in [0.25, 0.3) is 0 Å². The third-order valence-electron chi connectivity index (χ3n) is 3.25. The highest BCUT2D eigenvalue weighted by Crippen LogP contribution is 2.37. The lowest BCUT2D eigenvalue weighted by atomic mass is 9.91. The number of nitriles is 1. The maximum atomic E-state index is 8.88. The molecule has 1 aliphatic carbocycles. The molecule has 0 aliphatic heterocycles. The zero-order chi connectivity index (χ0) is 12.3. The first-order chi connectivity index (χ1) is 8.19. The summed E-state index contributed by atoms with van der Waals surface area (Å²) in [6.07, 6.45) is 5.39. The Morgan fingerprint density at radius 3 is 2.88 bits per heavy atom. The third kappa shape index (κ3) is 3.50. The SMILES string of the molecule is CC1CCCC(Sc2ccc(C#N)c(Br)c2)C1. The van der Waals surface area contributed by atoms with Crippen LogP contribution in [-0.2, 0) is 0 Å². The van der Waals surface area contributed by atoms with Crippen molar-refractivity contribution in [3.8, 4) is 6.07 Å². The van der Waals surface area contributed by atoms with E-state index in [0.717, 1.165) is 15.6 Å². The van der Waals surface area contributed by atoms with Crippen molar-refractivity contribution < 1.29 is 0 Å². The Bertz CT molecular complexity index is 438. The van der Waals surface area contributed by atoms with E-state index in [9.17, 15) is 0 Å². The fraction of sp³-hybridized carbons (Fsp3) is 0.500. The minimum absolute atomic E-state index is 0.714. The molecule has 0 aromatic heterocycles. The molecule has 1 fully saturated rings. The van der Waals surface area contributed by atoms with Gasteiger partial charge in [0.15, 0.2) is 0 Å². The topological polar surface area (TPSA) is 23.8 Å². The van der Waals surface area contributed by atoms with Gasteiger partial charge in [0, 0.05) is 14.6 Å². The molecule has 3 heteroatoms. The molecule has 0 heterocycles.